The maximum atomic E-state index is 12.1. The Morgan fingerprint density at radius 1 is 1.26 bits per heavy atom. The van der Waals surface area contributed by atoms with Crippen LogP contribution >= 0.6 is 0 Å². The van der Waals surface area contributed by atoms with Crippen molar-refractivity contribution in [3.8, 4) is 5.75 Å². The highest BCUT2D eigenvalue weighted by Gasteiger charge is 2.26. The number of urea groups is 1. The molecule has 1 aromatic carbocycles. The van der Waals surface area contributed by atoms with E-state index in [9.17, 15) is 31.9 Å². The van der Waals surface area contributed by atoms with Gasteiger partial charge in [0.15, 0.2) is 0 Å². The number of halogens is 5. The molecule has 0 saturated carbocycles. The highest BCUT2D eigenvalue weighted by Crippen LogP contribution is 2.20. The largest absolute Gasteiger partial charge is 0.435 e. The van der Waals surface area contributed by atoms with E-state index in [1.807, 2.05) is 5.32 Å². The predicted octanol–water partition coefficient (Wildman–Crippen LogP) is 2.57. The van der Waals surface area contributed by atoms with Crippen molar-refractivity contribution < 1.29 is 36.6 Å². The highest BCUT2D eigenvalue weighted by molar-refractivity contribution is 5.73. The third-order valence-electron chi connectivity index (χ3n) is 2.62. The van der Waals surface area contributed by atoms with Crippen molar-refractivity contribution in [2.24, 2.45) is 0 Å². The molecule has 5 nitrogen and oxygen atoms in total. The Kier molecular flexibility index (Phi) is 7.01. The average molecular weight is 342 g/mol. The minimum Gasteiger partial charge on any atom is -0.435 e. The fraction of sp³-hybridized carbons (Fsp3) is 0.462. The Labute approximate surface area is 128 Å². The van der Waals surface area contributed by atoms with Crippen molar-refractivity contribution in [3.63, 3.8) is 0 Å². The molecule has 0 aliphatic rings. The van der Waals surface area contributed by atoms with Gasteiger partial charge in [-0.25, -0.2) is 4.79 Å². The van der Waals surface area contributed by atoms with Gasteiger partial charge >= 0.3 is 18.8 Å². The molecule has 0 saturated heterocycles. The van der Waals surface area contributed by atoms with Gasteiger partial charge in [0, 0.05) is 13.1 Å². The van der Waals surface area contributed by atoms with Gasteiger partial charge in [-0.3, -0.25) is 0 Å². The summed E-state index contributed by atoms with van der Waals surface area (Å²) < 4.78 is 64.0. The molecule has 0 radical (unpaired) electrons. The first-order chi connectivity index (χ1) is 10.7. The molecule has 1 atom stereocenters. The lowest BCUT2D eigenvalue weighted by Gasteiger charge is -2.14. The maximum absolute atomic E-state index is 12.1. The Bertz CT molecular complexity index is 511. The van der Waals surface area contributed by atoms with Crippen LogP contribution in [0.1, 0.15) is 18.1 Å². The van der Waals surface area contributed by atoms with Crippen molar-refractivity contribution in [2.45, 2.75) is 25.3 Å². The van der Waals surface area contributed by atoms with Gasteiger partial charge in [0.2, 0.25) is 0 Å². The first-order valence-electron chi connectivity index (χ1n) is 6.48. The van der Waals surface area contributed by atoms with E-state index in [-0.39, 0.29) is 17.9 Å². The van der Waals surface area contributed by atoms with Crippen LogP contribution in [0.2, 0.25) is 0 Å². The minimum atomic E-state index is -4.38. The fourth-order valence-corrected chi connectivity index (χ4v) is 1.59. The fourth-order valence-electron chi connectivity index (χ4n) is 1.59. The van der Waals surface area contributed by atoms with Gasteiger partial charge < -0.3 is 20.5 Å². The van der Waals surface area contributed by atoms with E-state index in [0.717, 1.165) is 0 Å². The summed E-state index contributed by atoms with van der Waals surface area (Å²) in [6, 6.07) is 4.35. The number of alkyl halides is 5. The number of carbonyl (C=O) groups excluding carboxylic acids is 1. The summed E-state index contributed by atoms with van der Waals surface area (Å²) in [5.74, 6) is -0.161. The van der Waals surface area contributed by atoms with Crippen LogP contribution in [0.3, 0.4) is 0 Å². The van der Waals surface area contributed by atoms with Crippen LogP contribution in [-0.4, -0.2) is 37.0 Å². The van der Waals surface area contributed by atoms with Crippen molar-refractivity contribution >= 4 is 6.03 Å². The quantitative estimate of drug-likeness (QED) is 0.667. The summed E-state index contributed by atoms with van der Waals surface area (Å²) in [4.78, 5) is 11.3. The lowest BCUT2D eigenvalue weighted by atomic mass is 10.1. The molecule has 0 aliphatic carbocycles. The second-order valence-electron chi connectivity index (χ2n) is 4.47. The lowest BCUT2D eigenvalue weighted by molar-refractivity contribution is -0.132. The number of nitrogens with one attached hydrogen (secondary N) is 2. The van der Waals surface area contributed by atoms with Gasteiger partial charge in [0.25, 0.3) is 0 Å². The van der Waals surface area contributed by atoms with E-state index in [2.05, 4.69) is 10.1 Å². The summed E-state index contributed by atoms with van der Waals surface area (Å²) in [5, 5.41) is 14.0. The summed E-state index contributed by atoms with van der Waals surface area (Å²) in [6.45, 7) is -3.92. The van der Waals surface area contributed by atoms with Crippen molar-refractivity contribution in [2.75, 3.05) is 13.1 Å². The number of amides is 2. The summed E-state index contributed by atoms with van der Waals surface area (Å²) >= 11 is 0. The number of aliphatic hydroxyl groups is 1. The molecule has 3 N–H and O–H groups in total. The van der Waals surface area contributed by atoms with E-state index in [1.54, 1.807) is 0 Å². The molecule has 1 aromatic rings. The lowest BCUT2D eigenvalue weighted by Crippen LogP contribution is -2.39. The van der Waals surface area contributed by atoms with Crippen LogP contribution in [0.25, 0.3) is 0 Å². The SMILES string of the molecule is O=C(NCCC(F)(F)F)NCC(O)c1cccc(OC(F)F)c1. The van der Waals surface area contributed by atoms with Crippen LogP contribution in [-0.2, 0) is 0 Å². The third kappa shape index (κ3) is 8.19. The number of benzene rings is 1. The first-order valence-corrected chi connectivity index (χ1v) is 6.48. The van der Waals surface area contributed by atoms with Crippen LogP contribution in [0.4, 0.5) is 26.7 Å². The zero-order valence-corrected chi connectivity index (χ0v) is 11.7. The normalized spacial score (nSPS) is 12.8. The zero-order valence-electron chi connectivity index (χ0n) is 11.7. The number of carbonyl (C=O) groups is 1. The van der Waals surface area contributed by atoms with Gasteiger partial charge in [0.05, 0.1) is 12.5 Å². The summed E-state index contributed by atoms with van der Waals surface area (Å²) in [5.41, 5.74) is 0.207. The molecule has 0 bridgehead atoms. The molecule has 1 rings (SSSR count). The molecule has 130 valence electrons. The van der Waals surface area contributed by atoms with Gasteiger partial charge in [-0.2, -0.15) is 22.0 Å². The molecule has 23 heavy (non-hydrogen) atoms. The van der Waals surface area contributed by atoms with E-state index < -0.39 is 37.9 Å². The smallest absolute Gasteiger partial charge is 0.390 e. The van der Waals surface area contributed by atoms with Crippen LogP contribution < -0.4 is 15.4 Å². The first kappa shape index (κ1) is 18.9. The Morgan fingerprint density at radius 3 is 2.57 bits per heavy atom. The number of aliphatic hydroxyl groups excluding tert-OH is 1. The molecule has 2 amide bonds. The standard InChI is InChI=1S/C13H15F5N2O3/c14-11(15)23-9-3-1-2-8(6-9)10(21)7-20-12(22)19-5-4-13(16,17)18/h1-3,6,10-11,21H,4-5,7H2,(H2,19,20,22). The van der Waals surface area contributed by atoms with Gasteiger partial charge in [0.1, 0.15) is 5.75 Å². The van der Waals surface area contributed by atoms with Gasteiger partial charge in [-0.15, -0.1) is 0 Å². The molecular formula is C13H15F5N2O3. The summed E-state index contributed by atoms with van der Waals surface area (Å²) in [6.07, 6.45) is -6.78. The Balaban J connectivity index is 2.41. The van der Waals surface area contributed by atoms with Gasteiger partial charge in [-0.1, -0.05) is 12.1 Å². The predicted molar refractivity (Wildman–Crippen MR) is 70.1 cm³/mol. The second kappa shape index (κ2) is 8.51. The Hall–Kier alpha value is -2.10. The van der Waals surface area contributed by atoms with Crippen molar-refractivity contribution in [3.05, 3.63) is 29.8 Å². The van der Waals surface area contributed by atoms with Gasteiger partial charge in [-0.05, 0) is 17.7 Å². The summed E-state index contributed by atoms with van der Waals surface area (Å²) in [7, 11) is 0. The third-order valence-corrected chi connectivity index (χ3v) is 2.62. The van der Waals surface area contributed by atoms with Crippen molar-refractivity contribution in [1.29, 1.82) is 0 Å². The molecule has 1 unspecified atom stereocenters. The van der Waals surface area contributed by atoms with Crippen molar-refractivity contribution in [1.82, 2.24) is 10.6 Å². The van der Waals surface area contributed by atoms with Crippen LogP contribution in [0.5, 0.6) is 5.75 Å². The molecule has 0 spiro atoms. The molecule has 0 heterocycles. The minimum absolute atomic E-state index is 0.161. The van der Waals surface area contributed by atoms with E-state index in [4.69, 9.17) is 0 Å². The monoisotopic (exact) mass is 342 g/mol. The number of hydrogen-bond donors (Lipinski definition) is 3. The molecule has 10 heteroatoms. The molecular weight excluding hydrogens is 327 g/mol. The van der Waals surface area contributed by atoms with Crippen LogP contribution in [0, 0.1) is 0 Å². The highest BCUT2D eigenvalue weighted by atomic mass is 19.4. The molecule has 0 aromatic heterocycles. The zero-order chi connectivity index (χ0) is 17.5. The Morgan fingerprint density at radius 2 is 1.96 bits per heavy atom. The average Bonchev–Trinajstić information content (AvgIpc) is 2.43. The number of hydrogen-bond acceptors (Lipinski definition) is 3. The van der Waals surface area contributed by atoms with Crippen LogP contribution in [0.15, 0.2) is 24.3 Å². The second-order valence-corrected chi connectivity index (χ2v) is 4.47. The van der Waals surface area contributed by atoms with E-state index in [1.165, 1.54) is 24.3 Å². The number of rotatable bonds is 7. The maximum Gasteiger partial charge on any atom is 0.390 e. The van der Waals surface area contributed by atoms with E-state index >= 15 is 0 Å². The van der Waals surface area contributed by atoms with E-state index in [0.29, 0.717) is 0 Å². The molecule has 0 fully saturated rings. The molecule has 0 aliphatic heterocycles. The number of ether oxygens (including phenoxy) is 1. The topological polar surface area (TPSA) is 70.6 Å².